The third-order valence-corrected chi connectivity index (χ3v) is 7.14. The second-order valence-electron chi connectivity index (χ2n) is 9.44. The van der Waals surface area contributed by atoms with Crippen LogP contribution in [0.4, 0.5) is 18.9 Å². The van der Waals surface area contributed by atoms with Crippen molar-refractivity contribution in [2.75, 3.05) is 24.2 Å². The van der Waals surface area contributed by atoms with Gasteiger partial charge in [-0.15, -0.1) is 0 Å². The summed E-state index contributed by atoms with van der Waals surface area (Å²) in [7, 11) is -2.40. The van der Waals surface area contributed by atoms with Gasteiger partial charge in [-0.05, 0) is 62.6 Å². The lowest BCUT2D eigenvalue weighted by molar-refractivity contribution is -0.141. The lowest BCUT2D eigenvalue weighted by Crippen LogP contribution is -2.50. The lowest BCUT2D eigenvalue weighted by atomic mass is 10.1. The molecule has 12 heteroatoms. The zero-order valence-corrected chi connectivity index (χ0v) is 23.6. The van der Waals surface area contributed by atoms with E-state index in [0.29, 0.717) is 12.2 Å². The van der Waals surface area contributed by atoms with Crippen molar-refractivity contribution in [2.45, 2.75) is 64.8 Å². The average Bonchev–Trinajstić information content (AvgIpc) is 2.85. The maximum absolute atomic E-state index is 13.4. The molecule has 2 rings (SSSR count). The Morgan fingerprint density at radius 2 is 1.72 bits per heavy atom. The predicted octanol–water partition coefficient (Wildman–Crippen LogP) is 4.59. The van der Waals surface area contributed by atoms with Gasteiger partial charge in [-0.25, -0.2) is 8.42 Å². The number of carbonyl (C=O) groups excluding carboxylic acids is 2. The van der Waals surface area contributed by atoms with Crippen molar-refractivity contribution in [1.29, 1.82) is 0 Å². The van der Waals surface area contributed by atoms with Crippen LogP contribution >= 0.6 is 0 Å². The molecule has 0 radical (unpaired) electrons. The Labute approximate surface area is 228 Å². The lowest BCUT2D eigenvalue weighted by Gasteiger charge is -2.31. The molecule has 2 amide bonds. The zero-order chi connectivity index (χ0) is 29.4. The number of alkyl halides is 3. The SMILES string of the molecule is CC[C@H](C(=O)NC(C)C)N(Cc1ccc(OC)cc1)C(=O)CCCN(c1cccc(C(F)(F)F)c1)S(C)(=O)=O. The molecule has 0 aliphatic rings. The number of rotatable bonds is 13. The number of carbonyl (C=O) groups is 2. The number of hydrogen-bond donors (Lipinski definition) is 1. The predicted molar refractivity (Wildman–Crippen MR) is 144 cm³/mol. The minimum atomic E-state index is -4.64. The maximum Gasteiger partial charge on any atom is 0.416 e. The second kappa shape index (κ2) is 13.7. The van der Waals surface area contributed by atoms with Gasteiger partial charge in [-0.1, -0.05) is 25.1 Å². The smallest absolute Gasteiger partial charge is 0.416 e. The highest BCUT2D eigenvalue weighted by molar-refractivity contribution is 7.92. The molecule has 0 heterocycles. The zero-order valence-electron chi connectivity index (χ0n) is 22.8. The first-order valence-electron chi connectivity index (χ1n) is 12.5. The number of nitrogens with one attached hydrogen (secondary N) is 1. The van der Waals surface area contributed by atoms with Gasteiger partial charge in [-0.3, -0.25) is 13.9 Å². The minimum absolute atomic E-state index is 0.0312. The maximum atomic E-state index is 13.4. The van der Waals surface area contributed by atoms with Crippen molar-refractivity contribution in [3.05, 3.63) is 59.7 Å². The number of amides is 2. The molecule has 216 valence electrons. The van der Waals surface area contributed by atoms with Crippen molar-refractivity contribution in [3.63, 3.8) is 0 Å². The molecule has 1 atom stereocenters. The molecule has 0 fully saturated rings. The first kappa shape index (κ1) is 31.9. The van der Waals surface area contributed by atoms with Crippen LogP contribution in [0.25, 0.3) is 0 Å². The molecular formula is C27H36F3N3O5S. The van der Waals surface area contributed by atoms with Crippen LogP contribution in [0.3, 0.4) is 0 Å². The van der Waals surface area contributed by atoms with Gasteiger partial charge >= 0.3 is 6.18 Å². The molecule has 39 heavy (non-hydrogen) atoms. The Morgan fingerprint density at radius 1 is 1.08 bits per heavy atom. The van der Waals surface area contributed by atoms with E-state index in [0.717, 1.165) is 34.3 Å². The van der Waals surface area contributed by atoms with Crippen molar-refractivity contribution < 1.29 is 35.9 Å². The largest absolute Gasteiger partial charge is 0.497 e. The number of halogens is 3. The van der Waals surface area contributed by atoms with Gasteiger partial charge in [0.2, 0.25) is 21.8 Å². The number of hydrogen-bond acceptors (Lipinski definition) is 5. The quantitative estimate of drug-likeness (QED) is 0.380. The molecule has 0 saturated carbocycles. The Morgan fingerprint density at radius 3 is 2.23 bits per heavy atom. The van der Waals surface area contributed by atoms with E-state index in [1.54, 1.807) is 31.2 Å². The molecule has 0 aliphatic carbocycles. The van der Waals surface area contributed by atoms with Crippen LogP contribution in [0, 0.1) is 0 Å². The summed E-state index contributed by atoms with van der Waals surface area (Å²) in [6.07, 6.45) is -3.48. The Bertz CT molecular complexity index is 1220. The molecule has 0 unspecified atom stereocenters. The molecule has 0 bridgehead atoms. The summed E-state index contributed by atoms with van der Waals surface area (Å²) in [6, 6.07) is 10.2. The standard InChI is InChI=1S/C27H36F3N3O5S/c1-6-24(26(35)31-19(2)3)32(18-20-12-14-23(38-4)15-13-20)25(34)11-8-16-33(39(5,36)37)22-10-7-9-21(17-22)27(28,29)30/h7,9-10,12-15,17,19,24H,6,8,11,16,18H2,1-5H3,(H,31,35)/t24-/m1/s1. The molecule has 0 saturated heterocycles. The van der Waals surface area contributed by atoms with Crippen LogP contribution in [-0.4, -0.2) is 57.1 Å². The Kier molecular flexibility index (Phi) is 11.2. The molecule has 1 N–H and O–H groups in total. The number of methoxy groups -OCH3 is 1. The van der Waals surface area contributed by atoms with Crippen molar-refractivity contribution in [3.8, 4) is 5.75 Å². The third kappa shape index (κ3) is 9.45. The Balaban J connectivity index is 2.26. The summed E-state index contributed by atoms with van der Waals surface area (Å²) >= 11 is 0. The van der Waals surface area contributed by atoms with Crippen LogP contribution in [0.1, 0.15) is 51.2 Å². The number of sulfonamides is 1. The molecule has 2 aromatic carbocycles. The van der Waals surface area contributed by atoms with Gasteiger partial charge in [0, 0.05) is 25.6 Å². The molecule has 0 aliphatic heterocycles. The van der Waals surface area contributed by atoms with Crippen LogP contribution in [0.2, 0.25) is 0 Å². The van der Waals surface area contributed by atoms with Crippen molar-refractivity contribution in [1.82, 2.24) is 10.2 Å². The van der Waals surface area contributed by atoms with E-state index in [1.807, 2.05) is 13.8 Å². The van der Waals surface area contributed by atoms with Crippen LogP contribution < -0.4 is 14.4 Å². The molecular weight excluding hydrogens is 535 g/mol. The van der Waals surface area contributed by atoms with Gasteiger partial charge in [0.05, 0.1) is 24.6 Å². The van der Waals surface area contributed by atoms with E-state index >= 15 is 0 Å². The summed E-state index contributed by atoms with van der Waals surface area (Å²) in [5.74, 6) is -0.0539. The van der Waals surface area contributed by atoms with Gasteiger partial charge in [0.15, 0.2) is 0 Å². The van der Waals surface area contributed by atoms with Gasteiger partial charge in [0.25, 0.3) is 0 Å². The summed E-state index contributed by atoms with van der Waals surface area (Å²) in [6.45, 7) is 5.34. The fraction of sp³-hybridized carbons (Fsp3) is 0.481. The van der Waals surface area contributed by atoms with Crippen molar-refractivity contribution >= 4 is 27.5 Å². The first-order valence-corrected chi connectivity index (χ1v) is 14.4. The summed E-state index contributed by atoms with van der Waals surface area (Å²) < 4.78 is 70.5. The van der Waals surface area contributed by atoms with Crippen LogP contribution in [-0.2, 0) is 32.3 Å². The van der Waals surface area contributed by atoms with Crippen molar-refractivity contribution in [2.24, 2.45) is 0 Å². The van der Waals surface area contributed by atoms with E-state index in [1.165, 1.54) is 18.1 Å². The molecule has 0 spiro atoms. The van der Waals surface area contributed by atoms with Crippen LogP contribution in [0.15, 0.2) is 48.5 Å². The van der Waals surface area contributed by atoms with E-state index in [4.69, 9.17) is 4.74 Å². The van der Waals surface area contributed by atoms with E-state index in [9.17, 15) is 31.2 Å². The van der Waals surface area contributed by atoms with Gasteiger partial charge in [0.1, 0.15) is 11.8 Å². The summed E-state index contributed by atoms with van der Waals surface area (Å²) in [5, 5.41) is 2.83. The highest BCUT2D eigenvalue weighted by Gasteiger charge is 2.32. The second-order valence-corrected chi connectivity index (χ2v) is 11.4. The molecule has 2 aromatic rings. The number of anilines is 1. The summed E-state index contributed by atoms with van der Waals surface area (Å²) in [4.78, 5) is 27.8. The fourth-order valence-corrected chi connectivity index (χ4v) is 5.03. The molecule has 8 nitrogen and oxygen atoms in total. The highest BCUT2D eigenvalue weighted by Crippen LogP contribution is 2.32. The topological polar surface area (TPSA) is 96.0 Å². The number of ether oxygens (including phenoxy) is 1. The molecule has 0 aromatic heterocycles. The normalized spacial score (nSPS) is 12.6. The number of benzene rings is 2. The third-order valence-electron chi connectivity index (χ3n) is 5.94. The van der Waals surface area contributed by atoms with Gasteiger partial charge in [-0.2, -0.15) is 13.2 Å². The van der Waals surface area contributed by atoms with E-state index in [-0.39, 0.29) is 49.5 Å². The number of nitrogens with zero attached hydrogens (tertiary/aromatic N) is 2. The summed E-state index contributed by atoms with van der Waals surface area (Å²) in [5.41, 5.74) is -0.350. The van der Waals surface area contributed by atoms with E-state index in [2.05, 4.69) is 5.32 Å². The monoisotopic (exact) mass is 571 g/mol. The Hall–Kier alpha value is -3.28. The van der Waals surface area contributed by atoms with Gasteiger partial charge < -0.3 is 15.0 Å². The fourth-order valence-electron chi connectivity index (χ4n) is 4.07. The minimum Gasteiger partial charge on any atom is -0.497 e. The highest BCUT2D eigenvalue weighted by atomic mass is 32.2. The average molecular weight is 572 g/mol. The van der Waals surface area contributed by atoms with E-state index < -0.39 is 27.8 Å². The van der Waals surface area contributed by atoms with Crippen LogP contribution in [0.5, 0.6) is 5.75 Å². The first-order chi connectivity index (χ1) is 18.2.